The molecule has 2 atom stereocenters. The molecule has 1 N–H and O–H groups in total. The molecule has 21 heavy (non-hydrogen) atoms. The summed E-state index contributed by atoms with van der Waals surface area (Å²) < 4.78 is 41.8. The minimum Gasteiger partial charge on any atom is -0.598 e. The molecule has 1 heterocycles. The minimum atomic E-state index is -2.61. The Morgan fingerprint density at radius 2 is 2.05 bits per heavy atom. The molecule has 0 aromatic carbocycles. The normalized spacial score (nSPS) is 21.7. The number of nitrogens with one attached hydrogen (secondary N) is 1. The van der Waals surface area contributed by atoms with Gasteiger partial charge < -0.3 is 4.55 Å². The molecule has 0 bridgehead atoms. The summed E-state index contributed by atoms with van der Waals surface area (Å²) in [6, 6.07) is 4.93. The van der Waals surface area contributed by atoms with Crippen LogP contribution in [0.4, 0.5) is 8.78 Å². The fraction of sp³-hybridized carbons (Fsp3) is 0.643. The lowest BCUT2D eigenvalue weighted by Crippen LogP contribution is -2.48. The van der Waals surface area contributed by atoms with Gasteiger partial charge >= 0.3 is 0 Å². The van der Waals surface area contributed by atoms with E-state index in [2.05, 4.69) is 25.6 Å². The van der Waals surface area contributed by atoms with E-state index in [-0.39, 0.29) is 18.8 Å². The Kier molecular flexibility index (Phi) is 4.97. The van der Waals surface area contributed by atoms with Gasteiger partial charge in [0.15, 0.2) is 0 Å². The molecule has 2 rings (SSSR count). The molecule has 7 heteroatoms. The van der Waals surface area contributed by atoms with Crippen LogP contribution < -0.4 is 4.72 Å². The van der Waals surface area contributed by atoms with Crippen molar-refractivity contribution in [3.8, 4) is 0 Å². The summed E-state index contributed by atoms with van der Waals surface area (Å²) in [5.41, 5.74) is 0.641. The maximum Gasteiger partial charge on any atom is 0.248 e. The number of aromatic nitrogens is 1. The Morgan fingerprint density at radius 1 is 1.43 bits per heavy atom. The summed E-state index contributed by atoms with van der Waals surface area (Å²) in [4.78, 5) is 4.33. The van der Waals surface area contributed by atoms with E-state index in [4.69, 9.17) is 0 Å². The number of hydrogen-bond acceptors (Lipinski definition) is 3. The van der Waals surface area contributed by atoms with Crippen molar-refractivity contribution in [1.82, 2.24) is 9.71 Å². The first-order chi connectivity index (χ1) is 9.58. The molecular formula is C14H19BrF2N2OS. The number of alkyl halides is 2. The fourth-order valence-electron chi connectivity index (χ4n) is 2.23. The number of halogens is 3. The average Bonchev–Trinajstić information content (AvgIpc) is 2.31. The topological polar surface area (TPSA) is 48.0 Å². The van der Waals surface area contributed by atoms with E-state index < -0.39 is 28.1 Å². The van der Waals surface area contributed by atoms with Gasteiger partial charge in [0, 0.05) is 24.2 Å². The van der Waals surface area contributed by atoms with Crippen LogP contribution in [0.3, 0.4) is 0 Å². The lowest BCUT2D eigenvalue weighted by Gasteiger charge is -2.40. The second kappa shape index (κ2) is 6.10. The van der Waals surface area contributed by atoms with E-state index in [9.17, 15) is 13.3 Å². The lowest BCUT2D eigenvalue weighted by atomic mass is 9.75. The highest BCUT2D eigenvalue weighted by Crippen LogP contribution is 2.48. The molecule has 1 unspecified atom stereocenters. The van der Waals surface area contributed by atoms with E-state index in [0.717, 1.165) is 0 Å². The zero-order valence-corrected chi connectivity index (χ0v) is 14.6. The summed E-state index contributed by atoms with van der Waals surface area (Å²) in [6.07, 6.45) is -0.388. The van der Waals surface area contributed by atoms with Crippen LogP contribution in [0.25, 0.3) is 0 Å². The van der Waals surface area contributed by atoms with E-state index in [1.54, 1.807) is 18.2 Å². The van der Waals surface area contributed by atoms with Crippen LogP contribution >= 0.6 is 15.9 Å². The molecular weight excluding hydrogens is 362 g/mol. The summed E-state index contributed by atoms with van der Waals surface area (Å²) in [5, 5.41) is 0. The summed E-state index contributed by atoms with van der Waals surface area (Å²) in [7, 11) is 0. The molecule has 1 saturated carbocycles. The molecule has 118 valence electrons. The minimum absolute atomic E-state index is 0.194. The number of rotatable bonds is 4. The van der Waals surface area contributed by atoms with Crippen molar-refractivity contribution in [2.24, 2.45) is 5.92 Å². The standard InChI is InChI=1S/C14H19BrF2N2OS/c1-13(2,3)21(20)19-12(9-7-14(16,17)8-9)10-5-4-6-11(15)18-10/h4-6,9,12,19H,7-8H2,1-3H3/t12-,21?/m1/s1. The maximum absolute atomic E-state index is 13.2. The molecule has 1 fully saturated rings. The Labute approximate surface area is 135 Å². The summed E-state index contributed by atoms with van der Waals surface area (Å²) in [5.74, 6) is -2.87. The second-order valence-corrected chi connectivity index (χ2v) is 9.20. The van der Waals surface area contributed by atoms with Crippen LogP contribution in [0, 0.1) is 5.92 Å². The first kappa shape index (κ1) is 17.1. The van der Waals surface area contributed by atoms with Crippen LogP contribution in [0.1, 0.15) is 45.3 Å². The molecule has 0 saturated heterocycles. The molecule has 0 amide bonds. The Bertz CT molecular complexity index is 502. The fourth-order valence-corrected chi connectivity index (χ4v) is 3.49. The van der Waals surface area contributed by atoms with Gasteiger partial charge in [-0.05, 0) is 54.8 Å². The van der Waals surface area contributed by atoms with Gasteiger partial charge in [0.2, 0.25) is 5.92 Å². The highest BCUT2D eigenvalue weighted by Gasteiger charge is 2.50. The van der Waals surface area contributed by atoms with Crippen molar-refractivity contribution in [2.45, 2.75) is 50.3 Å². The predicted octanol–water partition coefficient (Wildman–Crippen LogP) is 3.98. The van der Waals surface area contributed by atoms with Crippen molar-refractivity contribution < 1.29 is 13.3 Å². The van der Waals surface area contributed by atoms with Crippen molar-refractivity contribution in [1.29, 1.82) is 0 Å². The van der Waals surface area contributed by atoms with E-state index in [0.29, 0.717) is 10.3 Å². The first-order valence-corrected chi connectivity index (χ1v) is 8.71. The van der Waals surface area contributed by atoms with Crippen LogP contribution in [-0.4, -0.2) is 20.2 Å². The monoisotopic (exact) mass is 380 g/mol. The van der Waals surface area contributed by atoms with E-state index >= 15 is 0 Å². The SMILES string of the molecule is CC(C)(C)[S+]([O-])N[C@@H](c1cccc(Br)n1)C1CC(F)(F)C1. The molecule has 3 nitrogen and oxygen atoms in total. The Hall–Kier alpha value is -0.240. The smallest absolute Gasteiger partial charge is 0.248 e. The van der Waals surface area contributed by atoms with Crippen molar-refractivity contribution >= 4 is 27.3 Å². The molecule has 1 aliphatic carbocycles. The Balaban J connectivity index is 2.19. The van der Waals surface area contributed by atoms with Gasteiger partial charge in [-0.25, -0.2) is 13.8 Å². The van der Waals surface area contributed by atoms with E-state index in [1.807, 2.05) is 20.8 Å². The Morgan fingerprint density at radius 3 is 2.52 bits per heavy atom. The van der Waals surface area contributed by atoms with Gasteiger partial charge in [0.1, 0.15) is 9.35 Å². The molecule has 0 aliphatic heterocycles. The predicted molar refractivity (Wildman–Crippen MR) is 83.4 cm³/mol. The van der Waals surface area contributed by atoms with Gasteiger partial charge in [-0.1, -0.05) is 6.07 Å². The maximum atomic E-state index is 13.2. The van der Waals surface area contributed by atoms with Crippen LogP contribution in [0.15, 0.2) is 22.8 Å². The first-order valence-electron chi connectivity index (χ1n) is 6.77. The highest BCUT2D eigenvalue weighted by molar-refractivity contribution is 9.10. The molecule has 0 radical (unpaired) electrons. The van der Waals surface area contributed by atoms with Crippen LogP contribution in [-0.2, 0) is 11.4 Å². The van der Waals surface area contributed by atoms with Gasteiger partial charge in [-0.2, -0.15) is 0 Å². The van der Waals surface area contributed by atoms with Crippen LogP contribution in [0.2, 0.25) is 0 Å². The highest BCUT2D eigenvalue weighted by atomic mass is 79.9. The van der Waals surface area contributed by atoms with Crippen molar-refractivity contribution in [3.05, 3.63) is 28.5 Å². The van der Waals surface area contributed by atoms with Crippen molar-refractivity contribution in [2.75, 3.05) is 0 Å². The second-order valence-electron chi connectivity index (χ2n) is 6.39. The van der Waals surface area contributed by atoms with E-state index in [1.165, 1.54) is 0 Å². The molecule has 1 aliphatic rings. The largest absolute Gasteiger partial charge is 0.598 e. The quantitative estimate of drug-likeness (QED) is 0.634. The number of nitrogens with zero attached hydrogens (tertiary/aromatic N) is 1. The zero-order chi connectivity index (χ0) is 15.8. The van der Waals surface area contributed by atoms with Crippen molar-refractivity contribution in [3.63, 3.8) is 0 Å². The third-order valence-electron chi connectivity index (χ3n) is 3.44. The van der Waals surface area contributed by atoms with Gasteiger partial charge in [-0.3, -0.25) is 0 Å². The molecule has 1 aromatic heterocycles. The lowest BCUT2D eigenvalue weighted by molar-refractivity contribution is -0.118. The number of hydrogen-bond donors (Lipinski definition) is 1. The van der Waals surface area contributed by atoms with Gasteiger partial charge in [-0.15, -0.1) is 4.72 Å². The third kappa shape index (κ3) is 4.37. The van der Waals surface area contributed by atoms with Crippen LogP contribution in [0.5, 0.6) is 0 Å². The molecule has 0 spiro atoms. The van der Waals surface area contributed by atoms with Gasteiger partial charge in [0.05, 0.1) is 11.7 Å². The summed E-state index contributed by atoms with van der Waals surface area (Å²) in [6.45, 7) is 5.53. The zero-order valence-electron chi connectivity index (χ0n) is 12.2. The number of pyridine rings is 1. The average molecular weight is 381 g/mol. The third-order valence-corrected chi connectivity index (χ3v) is 5.46. The summed E-state index contributed by atoms with van der Waals surface area (Å²) >= 11 is 1.95. The molecule has 1 aromatic rings. The van der Waals surface area contributed by atoms with Gasteiger partial charge in [0.25, 0.3) is 0 Å².